The fraction of sp³-hybridized carbons (Fsp3) is 0.185. The number of fused-ring (bicyclic) bond motifs is 2. The van der Waals surface area contributed by atoms with Gasteiger partial charge in [-0.15, -0.1) is 11.3 Å². The molecule has 0 saturated carbocycles. The Hall–Kier alpha value is -3.68. The maximum absolute atomic E-state index is 13.8. The number of aromatic nitrogens is 1. The number of alkyl halides is 3. The predicted molar refractivity (Wildman–Crippen MR) is 147 cm³/mol. The van der Waals surface area contributed by atoms with Crippen LogP contribution >= 0.6 is 34.4 Å². The maximum Gasteiger partial charge on any atom is 0.416 e. The van der Waals surface area contributed by atoms with E-state index in [1.807, 2.05) is 5.38 Å². The first-order valence-electron chi connectivity index (χ1n) is 12.0. The van der Waals surface area contributed by atoms with Gasteiger partial charge in [-0.05, 0) is 41.8 Å². The molecular weight excluding hydrogens is 584 g/mol. The number of anilines is 2. The lowest BCUT2D eigenvalue weighted by atomic mass is 9.87. The summed E-state index contributed by atoms with van der Waals surface area (Å²) >= 11 is 3.27. The molecule has 2 aliphatic rings. The minimum atomic E-state index is -4.65. The number of benzene rings is 2. The zero-order valence-corrected chi connectivity index (χ0v) is 22.7. The summed E-state index contributed by atoms with van der Waals surface area (Å²) < 4.78 is 41.5. The molecule has 7 nitrogen and oxygen atoms in total. The van der Waals surface area contributed by atoms with Crippen LogP contribution in [0, 0.1) is 5.92 Å². The third-order valence-electron chi connectivity index (χ3n) is 6.69. The van der Waals surface area contributed by atoms with Crippen molar-refractivity contribution in [1.29, 1.82) is 0 Å². The summed E-state index contributed by atoms with van der Waals surface area (Å²) in [5.41, 5.74) is -0.574. The Morgan fingerprint density at radius 2 is 1.73 bits per heavy atom. The van der Waals surface area contributed by atoms with Crippen LogP contribution in [-0.2, 0) is 27.1 Å². The molecule has 4 heterocycles. The van der Waals surface area contributed by atoms with Crippen molar-refractivity contribution < 1.29 is 27.6 Å². The summed E-state index contributed by atoms with van der Waals surface area (Å²) in [7, 11) is 0. The van der Waals surface area contributed by atoms with Gasteiger partial charge >= 0.3 is 11.0 Å². The number of thioether (sulfide) groups is 1. The molecule has 0 radical (unpaired) electrons. The van der Waals surface area contributed by atoms with Crippen molar-refractivity contribution in [3.63, 3.8) is 0 Å². The lowest BCUT2D eigenvalue weighted by Crippen LogP contribution is -2.32. The minimum absolute atomic E-state index is 0.160. The SMILES string of the molecule is O=C(Cn1c2c(sc1=O)[C@@H](c1cccs1)C1C(=O)N(c3cccc(C(F)(F)F)c3)C(=O)C1S2)Nc1ccccc1. The number of thiophene rings is 1. The van der Waals surface area contributed by atoms with E-state index in [0.29, 0.717) is 15.6 Å². The zero-order valence-electron chi connectivity index (χ0n) is 20.3. The Bertz CT molecular complexity index is 1680. The second-order valence-corrected chi connectivity index (χ2v) is 12.3. The molecule has 1 N–H and O–H groups in total. The lowest BCUT2D eigenvalue weighted by molar-refractivity contribution is -0.137. The Morgan fingerprint density at radius 3 is 2.42 bits per heavy atom. The number of nitrogens with zero attached hydrogens (tertiary/aromatic N) is 2. The molecule has 2 unspecified atom stereocenters. The van der Waals surface area contributed by atoms with Crippen LogP contribution in [0.3, 0.4) is 0 Å². The summed E-state index contributed by atoms with van der Waals surface area (Å²) in [6.45, 7) is -0.305. The molecule has 3 amide bonds. The Labute approximate surface area is 237 Å². The highest BCUT2D eigenvalue weighted by atomic mass is 32.2. The molecule has 1 saturated heterocycles. The quantitative estimate of drug-likeness (QED) is 0.309. The van der Waals surface area contributed by atoms with Gasteiger partial charge in [0.25, 0.3) is 0 Å². The molecule has 13 heteroatoms. The molecule has 2 aliphatic heterocycles. The second-order valence-electron chi connectivity index (χ2n) is 9.16. The summed E-state index contributed by atoms with van der Waals surface area (Å²) in [5.74, 6) is -3.32. The molecule has 0 aliphatic carbocycles. The molecule has 2 aromatic carbocycles. The minimum Gasteiger partial charge on any atom is -0.325 e. The van der Waals surface area contributed by atoms with Gasteiger partial charge in [-0.25, -0.2) is 4.90 Å². The van der Waals surface area contributed by atoms with Gasteiger partial charge in [0.1, 0.15) is 11.8 Å². The summed E-state index contributed by atoms with van der Waals surface area (Å²) in [6.07, 6.45) is -4.65. The van der Waals surface area contributed by atoms with Gasteiger partial charge in [-0.3, -0.25) is 23.7 Å². The third kappa shape index (κ3) is 4.57. The number of halogens is 3. The number of hydrogen-bond acceptors (Lipinski definition) is 7. The van der Waals surface area contributed by atoms with Crippen LogP contribution in [0.1, 0.15) is 21.2 Å². The number of carbonyl (C=O) groups excluding carboxylic acids is 3. The second kappa shape index (κ2) is 10.1. The van der Waals surface area contributed by atoms with Gasteiger partial charge in [0, 0.05) is 21.4 Å². The molecule has 204 valence electrons. The Kier molecular flexibility index (Phi) is 6.67. The van der Waals surface area contributed by atoms with Gasteiger partial charge in [-0.2, -0.15) is 13.2 Å². The average molecular weight is 602 g/mol. The lowest BCUT2D eigenvalue weighted by Gasteiger charge is -2.29. The van der Waals surface area contributed by atoms with E-state index in [-0.39, 0.29) is 12.2 Å². The molecule has 4 aromatic rings. The van der Waals surface area contributed by atoms with Crippen molar-refractivity contribution in [2.75, 3.05) is 10.2 Å². The Morgan fingerprint density at radius 1 is 0.950 bits per heavy atom. The zero-order chi connectivity index (χ0) is 28.2. The van der Waals surface area contributed by atoms with Crippen molar-refractivity contribution in [3.8, 4) is 0 Å². The van der Waals surface area contributed by atoms with Crippen LogP contribution in [-0.4, -0.2) is 27.5 Å². The van der Waals surface area contributed by atoms with Crippen molar-refractivity contribution in [2.45, 2.75) is 28.9 Å². The van der Waals surface area contributed by atoms with Crippen LogP contribution < -0.4 is 15.1 Å². The number of carbonyl (C=O) groups is 3. The van der Waals surface area contributed by atoms with E-state index >= 15 is 0 Å². The first-order chi connectivity index (χ1) is 19.1. The molecule has 0 bridgehead atoms. The van der Waals surface area contributed by atoms with E-state index in [4.69, 9.17) is 0 Å². The van der Waals surface area contributed by atoms with Crippen LogP contribution in [0.4, 0.5) is 24.5 Å². The number of imide groups is 1. The van der Waals surface area contributed by atoms with Gasteiger partial charge in [0.15, 0.2) is 0 Å². The average Bonchev–Trinajstić information content (AvgIpc) is 3.62. The standard InChI is InChI=1S/C27H18F3N3O4S3/c28-27(29,30)14-6-4-9-16(12-14)33-23(35)20-19(17-10-5-11-38-17)22-25(39-21(20)24(33)36)32(26(37)40-22)13-18(34)31-15-7-2-1-3-8-15/h1-12,19-21H,13H2,(H,31,34)/t19-,20?,21?/m0/s1. The topological polar surface area (TPSA) is 88.5 Å². The molecule has 3 atom stereocenters. The largest absolute Gasteiger partial charge is 0.416 e. The van der Waals surface area contributed by atoms with Crippen molar-refractivity contribution in [3.05, 3.63) is 97.1 Å². The fourth-order valence-corrected chi connectivity index (χ4v) is 8.69. The third-order valence-corrected chi connectivity index (χ3v) is 10.2. The fourth-order valence-electron chi connectivity index (χ4n) is 4.97. The van der Waals surface area contributed by atoms with Crippen molar-refractivity contribution in [2.24, 2.45) is 5.92 Å². The van der Waals surface area contributed by atoms with Crippen molar-refractivity contribution >= 4 is 63.5 Å². The normalized spacial score (nSPS) is 20.4. The van der Waals surface area contributed by atoms with Crippen LogP contribution in [0.2, 0.25) is 0 Å². The van der Waals surface area contributed by atoms with Gasteiger partial charge in [0.05, 0.1) is 22.2 Å². The summed E-state index contributed by atoms with van der Waals surface area (Å²) in [6, 6.07) is 16.4. The van der Waals surface area contributed by atoms with Crippen LogP contribution in [0.15, 0.2) is 81.9 Å². The first-order valence-corrected chi connectivity index (χ1v) is 14.5. The highest BCUT2D eigenvalue weighted by Crippen LogP contribution is 2.54. The smallest absolute Gasteiger partial charge is 0.325 e. The van der Waals surface area contributed by atoms with E-state index in [9.17, 15) is 32.3 Å². The summed E-state index contributed by atoms with van der Waals surface area (Å²) in [4.78, 5) is 55.1. The molecule has 2 aromatic heterocycles. The van der Waals surface area contributed by atoms with E-state index in [2.05, 4.69) is 5.32 Å². The van der Waals surface area contributed by atoms with E-state index in [1.54, 1.807) is 42.5 Å². The molecule has 1 fully saturated rings. The van der Waals surface area contributed by atoms with E-state index < -0.39 is 51.4 Å². The van der Waals surface area contributed by atoms with Gasteiger partial charge in [-0.1, -0.05) is 53.4 Å². The van der Waals surface area contributed by atoms with Crippen LogP contribution in [0.25, 0.3) is 0 Å². The Balaban J connectivity index is 1.39. The van der Waals surface area contributed by atoms with Gasteiger partial charge < -0.3 is 5.32 Å². The van der Waals surface area contributed by atoms with E-state index in [1.165, 1.54) is 22.0 Å². The van der Waals surface area contributed by atoms with Crippen LogP contribution in [0.5, 0.6) is 0 Å². The highest BCUT2D eigenvalue weighted by Gasteiger charge is 2.57. The first kappa shape index (κ1) is 26.5. The van der Waals surface area contributed by atoms with Gasteiger partial charge in [0.2, 0.25) is 17.7 Å². The number of nitrogens with one attached hydrogen (secondary N) is 1. The molecular formula is C27H18F3N3O4S3. The monoisotopic (exact) mass is 601 g/mol. The number of hydrogen-bond donors (Lipinski definition) is 1. The predicted octanol–water partition coefficient (Wildman–Crippen LogP) is 5.42. The summed E-state index contributed by atoms with van der Waals surface area (Å²) in [5, 5.41) is 3.97. The molecule has 40 heavy (non-hydrogen) atoms. The van der Waals surface area contributed by atoms with Crippen molar-refractivity contribution in [1.82, 2.24) is 4.57 Å². The highest BCUT2D eigenvalue weighted by molar-refractivity contribution is 8.00. The number of amides is 3. The number of rotatable bonds is 5. The number of thiazole rings is 1. The number of para-hydroxylation sites is 1. The van der Waals surface area contributed by atoms with E-state index in [0.717, 1.165) is 51.1 Å². The molecule has 0 spiro atoms. The maximum atomic E-state index is 13.8. The molecule has 6 rings (SSSR count).